The molecule has 0 unspecified atom stereocenters. The molecule has 1 fully saturated rings. The highest BCUT2D eigenvalue weighted by atomic mass is 19.1. The van der Waals surface area contributed by atoms with Crippen LogP contribution in [0.1, 0.15) is 32.3 Å². The zero-order chi connectivity index (χ0) is 24.1. The molecule has 10 heteroatoms. The molecular weight excluding hydrogens is 443 g/mol. The van der Waals surface area contributed by atoms with Gasteiger partial charge >= 0.3 is 6.09 Å². The summed E-state index contributed by atoms with van der Waals surface area (Å²) in [6, 6.07) is 9.02. The van der Waals surface area contributed by atoms with Crippen LogP contribution in [0.3, 0.4) is 0 Å². The summed E-state index contributed by atoms with van der Waals surface area (Å²) in [5.41, 5.74) is 7.17. The molecule has 9 nitrogen and oxygen atoms in total. The van der Waals surface area contributed by atoms with Gasteiger partial charge in [0.15, 0.2) is 17.1 Å². The largest absolute Gasteiger partial charge is 0.491 e. The van der Waals surface area contributed by atoms with E-state index < -0.39 is 11.9 Å². The van der Waals surface area contributed by atoms with Gasteiger partial charge in [0.1, 0.15) is 11.3 Å². The van der Waals surface area contributed by atoms with Gasteiger partial charge in [-0.15, -0.1) is 0 Å². The van der Waals surface area contributed by atoms with E-state index in [4.69, 9.17) is 24.4 Å². The summed E-state index contributed by atoms with van der Waals surface area (Å²) >= 11 is 0. The summed E-state index contributed by atoms with van der Waals surface area (Å²) in [4.78, 5) is 17.7. The minimum atomic E-state index is -0.878. The lowest BCUT2D eigenvalue weighted by Gasteiger charge is -2.32. The van der Waals surface area contributed by atoms with E-state index in [-0.39, 0.29) is 17.5 Å². The Morgan fingerprint density at radius 3 is 2.47 bits per heavy atom. The molecule has 4 rings (SSSR count). The number of hydrogen-bond acceptors (Lipinski definition) is 8. The number of carbonyl (C=O) groups is 1. The lowest BCUT2D eigenvalue weighted by Crippen LogP contribution is -2.38. The maximum absolute atomic E-state index is 14.5. The van der Waals surface area contributed by atoms with Crippen molar-refractivity contribution >= 4 is 23.2 Å². The number of primary amides is 1. The molecule has 1 aromatic heterocycles. The maximum Gasteiger partial charge on any atom is 0.409 e. The van der Waals surface area contributed by atoms with E-state index in [2.05, 4.69) is 15.2 Å². The molecule has 0 bridgehead atoms. The van der Waals surface area contributed by atoms with Crippen molar-refractivity contribution < 1.29 is 27.8 Å². The molecule has 0 atom stereocenters. The first-order valence-corrected chi connectivity index (χ1v) is 11.4. The first-order chi connectivity index (χ1) is 16.4. The van der Waals surface area contributed by atoms with Crippen molar-refractivity contribution in [3.8, 4) is 17.2 Å². The number of hydrogen-bond donors (Lipinski definition) is 2. The fraction of sp³-hybridized carbons (Fsp3) is 0.417. The van der Waals surface area contributed by atoms with E-state index in [1.807, 2.05) is 13.8 Å². The number of oxazole rings is 1. The molecule has 3 aromatic rings. The quantitative estimate of drug-likeness (QED) is 0.474. The third-order valence-corrected chi connectivity index (χ3v) is 5.56. The summed E-state index contributed by atoms with van der Waals surface area (Å²) in [6.45, 7) is 6.83. The van der Waals surface area contributed by atoms with Gasteiger partial charge in [-0.05, 0) is 56.5 Å². The Morgan fingerprint density at radius 2 is 1.85 bits per heavy atom. The molecule has 2 heterocycles. The Labute approximate surface area is 197 Å². The molecule has 1 aliphatic heterocycles. The number of ether oxygens (including phenoxy) is 3. The van der Waals surface area contributed by atoms with Crippen LogP contribution in [-0.4, -0.2) is 48.3 Å². The third-order valence-electron chi connectivity index (χ3n) is 5.56. The van der Waals surface area contributed by atoms with Gasteiger partial charge in [0.05, 0.1) is 13.2 Å². The van der Waals surface area contributed by atoms with Crippen LogP contribution >= 0.6 is 0 Å². The number of nitrogens with one attached hydrogen (secondary N) is 1. The lowest BCUT2D eigenvalue weighted by molar-refractivity contribution is 0.209. The third kappa shape index (κ3) is 5.69. The SMILES string of the molecule is CCOc1cc(CN2CCC(Nc3nc4cc(OC(N)=O)ccc4o3)CC2)cc(OCC)c1F. The molecule has 0 spiro atoms. The number of anilines is 1. The monoisotopic (exact) mass is 472 g/mol. The van der Waals surface area contributed by atoms with E-state index in [0.717, 1.165) is 31.5 Å². The van der Waals surface area contributed by atoms with E-state index in [9.17, 15) is 9.18 Å². The minimum absolute atomic E-state index is 0.205. The number of benzene rings is 2. The number of likely N-dealkylation sites (tertiary alicyclic amines) is 1. The smallest absolute Gasteiger partial charge is 0.409 e. The number of aromatic nitrogens is 1. The second-order valence-electron chi connectivity index (χ2n) is 8.04. The topological polar surface area (TPSA) is 112 Å². The van der Waals surface area contributed by atoms with Crippen LogP contribution in [0.5, 0.6) is 17.2 Å². The molecule has 1 saturated heterocycles. The number of carbonyl (C=O) groups excluding carboxylic acids is 1. The molecule has 2 aromatic carbocycles. The Balaban J connectivity index is 1.35. The van der Waals surface area contributed by atoms with Crippen LogP contribution in [0.2, 0.25) is 0 Å². The molecular formula is C24H29FN4O5. The van der Waals surface area contributed by atoms with Gasteiger partial charge in [-0.2, -0.15) is 9.37 Å². The van der Waals surface area contributed by atoms with Gasteiger partial charge in [0, 0.05) is 31.7 Å². The standard InChI is InChI=1S/C24H29FN4O5/c1-3-31-20-11-15(12-21(22(20)25)32-4-2)14-29-9-7-16(8-10-29)27-24-28-18-13-17(33-23(26)30)5-6-19(18)34-24/h5-6,11-13,16H,3-4,7-10,14H2,1-2H3,(H2,26,30)(H,27,28). The van der Waals surface area contributed by atoms with Crippen molar-refractivity contribution in [3.05, 3.63) is 41.7 Å². The lowest BCUT2D eigenvalue weighted by atomic mass is 10.0. The normalized spacial score (nSPS) is 14.8. The van der Waals surface area contributed by atoms with E-state index in [1.54, 1.807) is 30.3 Å². The minimum Gasteiger partial charge on any atom is -0.491 e. The van der Waals surface area contributed by atoms with E-state index >= 15 is 0 Å². The highest BCUT2D eigenvalue weighted by Gasteiger charge is 2.22. The first kappa shape index (κ1) is 23.6. The highest BCUT2D eigenvalue weighted by Crippen LogP contribution is 2.30. The zero-order valence-electron chi connectivity index (χ0n) is 19.3. The second kappa shape index (κ2) is 10.6. The molecule has 0 aliphatic carbocycles. The van der Waals surface area contributed by atoms with Crippen molar-refractivity contribution in [2.24, 2.45) is 5.73 Å². The van der Waals surface area contributed by atoms with Crippen molar-refractivity contribution in [1.29, 1.82) is 0 Å². The van der Waals surface area contributed by atoms with Crippen LogP contribution in [0.4, 0.5) is 15.2 Å². The van der Waals surface area contributed by atoms with Crippen molar-refractivity contribution in [1.82, 2.24) is 9.88 Å². The molecule has 1 amide bonds. The van der Waals surface area contributed by atoms with Gasteiger partial charge in [-0.25, -0.2) is 4.79 Å². The van der Waals surface area contributed by atoms with Gasteiger partial charge in [-0.1, -0.05) is 0 Å². The van der Waals surface area contributed by atoms with Crippen molar-refractivity contribution in [2.45, 2.75) is 39.3 Å². The Bertz CT molecular complexity index is 1120. The molecule has 1 aliphatic rings. The number of rotatable bonds is 9. The van der Waals surface area contributed by atoms with Crippen LogP contribution in [0, 0.1) is 5.82 Å². The summed E-state index contributed by atoms with van der Waals surface area (Å²) in [6.07, 6.45) is 0.913. The highest BCUT2D eigenvalue weighted by molar-refractivity contribution is 5.78. The fourth-order valence-electron chi connectivity index (χ4n) is 4.06. The predicted molar refractivity (Wildman–Crippen MR) is 125 cm³/mol. The Hall–Kier alpha value is -3.53. The summed E-state index contributed by atoms with van der Waals surface area (Å²) in [5, 5.41) is 3.35. The van der Waals surface area contributed by atoms with Gasteiger partial charge < -0.3 is 29.7 Å². The number of amides is 1. The van der Waals surface area contributed by atoms with Crippen molar-refractivity contribution in [2.75, 3.05) is 31.6 Å². The van der Waals surface area contributed by atoms with Crippen molar-refractivity contribution in [3.63, 3.8) is 0 Å². The first-order valence-electron chi connectivity index (χ1n) is 11.4. The zero-order valence-corrected chi connectivity index (χ0v) is 19.3. The average Bonchev–Trinajstić information content (AvgIpc) is 3.19. The number of piperidine rings is 1. The summed E-state index contributed by atoms with van der Waals surface area (Å²) in [5.74, 6) is 0.302. The van der Waals surface area contributed by atoms with E-state index in [1.165, 1.54) is 0 Å². The second-order valence-corrected chi connectivity index (χ2v) is 8.04. The molecule has 182 valence electrons. The fourth-order valence-corrected chi connectivity index (χ4v) is 4.06. The van der Waals surface area contributed by atoms with Gasteiger partial charge in [0.2, 0.25) is 5.82 Å². The number of nitrogens with two attached hydrogens (primary N) is 1. The average molecular weight is 473 g/mol. The van der Waals surface area contributed by atoms with Crippen LogP contribution in [-0.2, 0) is 6.54 Å². The van der Waals surface area contributed by atoms with E-state index in [0.29, 0.717) is 42.6 Å². The molecule has 0 radical (unpaired) electrons. The van der Waals surface area contributed by atoms with Crippen LogP contribution < -0.4 is 25.3 Å². The number of halogens is 1. The van der Waals surface area contributed by atoms with Gasteiger partial charge in [0.25, 0.3) is 6.01 Å². The summed E-state index contributed by atoms with van der Waals surface area (Å²) < 4.78 is 36.1. The van der Waals surface area contributed by atoms with Crippen LogP contribution in [0.15, 0.2) is 34.7 Å². The predicted octanol–water partition coefficient (Wildman–Crippen LogP) is 4.30. The molecule has 34 heavy (non-hydrogen) atoms. The van der Waals surface area contributed by atoms with Crippen LogP contribution in [0.25, 0.3) is 11.1 Å². The van der Waals surface area contributed by atoms with Gasteiger partial charge in [-0.3, -0.25) is 4.90 Å². The Morgan fingerprint density at radius 1 is 1.18 bits per heavy atom. The Kier molecular flexibility index (Phi) is 7.36. The maximum atomic E-state index is 14.5. The number of fused-ring (bicyclic) bond motifs is 1. The molecule has 0 saturated carbocycles. The number of nitrogens with zero attached hydrogens (tertiary/aromatic N) is 2. The summed E-state index contributed by atoms with van der Waals surface area (Å²) in [7, 11) is 0. The molecule has 3 N–H and O–H groups in total.